The number of H-pyrrole nitrogens is 1. The monoisotopic (exact) mass is 395 g/mol. The average molecular weight is 396 g/mol. The van der Waals surface area contributed by atoms with Gasteiger partial charge >= 0.3 is 0 Å². The van der Waals surface area contributed by atoms with Crippen LogP contribution in [0.3, 0.4) is 0 Å². The summed E-state index contributed by atoms with van der Waals surface area (Å²) in [4.78, 5) is 16.4. The molecule has 2 aliphatic heterocycles. The van der Waals surface area contributed by atoms with Gasteiger partial charge in [-0.3, -0.25) is 14.8 Å². The van der Waals surface area contributed by atoms with E-state index in [9.17, 15) is 4.79 Å². The minimum Gasteiger partial charge on any atom is -0.316 e. The molecule has 1 saturated heterocycles. The predicted molar refractivity (Wildman–Crippen MR) is 111 cm³/mol. The molecule has 0 amide bonds. The number of pyridine rings is 1. The van der Waals surface area contributed by atoms with Gasteiger partial charge in [0.15, 0.2) is 0 Å². The van der Waals surface area contributed by atoms with Crippen LogP contribution in [0.25, 0.3) is 10.6 Å². The minimum absolute atomic E-state index is 0.185. The fourth-order valence-corrected chi connectivity index (χ4v) is 5.27. The van der Waals surface area contributed by atoms with E-state index in [2.05, 4.69) is 44.0 Å². The molecule has 7 heteroatoms. The van der Waals surface area contributed by atoms with Crippen molar-refractivity contribution >= 4 is 11.3 Å². The third kappa shape index (κ3) is 3.34. The Morgan fingerprint density at radius 2 is 2.21 bits per heavy atom. The highest BCUT2D eigenvalue weighted by Crippen LogP contribution is 2.31. The Bertz CT molecular complexity index is 1020. The summed E-state index contributed by atoms with van der Waals surface area (Å²) in [6, 6.07) is 10.4. The molecule has 0 aromatic carbocycles. The number of rotatable bonds is 5. The van der Waals surface area contributed by atoms with Gasteiger partial charge in [-0.2, -0.15) is 5.10 Å². The summed E-state index contributed by atoms with van der Waals surface area (Å²) < 4.78 is 2.04. The molecule has 0 radical (unpaired) electrons. The molecule has 1 fully saturated rings. The molecule has 2 atom stereocenters. The van der Waals surface area contributed by atoms with Crippen LogP contribution in [0.15, 0.2) is 40.5 Å². The van der Waals surface area contributed by atoms with Crippen molar-refractivity contribution in [2.45, 2.75) is 32.0 Å². The lowest BCUT2D eigenvalue weighted by Crippen LogP contribution is -2.45. The molecule has 2 N–H and O–H groups in total. The number of hydrogen-bond acceptors (Lipinski definition) is 5. The van der Waals surface area contributed by atoms with Gasteiger partial charge in [-0.1, -0.05) is 12.1 Å². The van der Waals surface area contributed by atoms with Crippen LogP contribution in [0.5, 0.6) is 0 Å². The highest BCUT2D eigenvalue weighted by molar-refractivity contribution is 7.13. The molecular formula is C21H25N5OS. The van der Waals surface area contributed by atoms with Crippen LogP contribution < -0.4 is 10.9 Å². The van der Waals surface area contributed by atoms with Crippen LogP contribution in [-0.4, -0.2) is 39.8 Å². The zero-order valence-electron chi connectivity index (χ0n) is 16.0. The number of fused-ring (bicyclic) bond motifs is 4. The zero-order valence-corrected chi connectivity index (χ0v) is 16.8. The van der Waals surface area contributed by atoms with Crippen molar-refractivity contribution in [3.63, 3.8) is 0 Å². The van der Waals surface area contributed by atoms with Gasteiger partial charge in [0.2, 0.25) is 0 Å². The number of aromatic nitrogens is 3. The molecule has 0 saturated carbocycles. The van der Waals surface area contributed by atoms with Gasteiger partial charge in [0, 0.05) is 49.0 Å². The molecule has 0 aliphatic carbocycles. The maximum absolute atomic E-state index is 13.1. The summed E-state index contributed by atoms with van der Waals surface area (Å²) in [5, 5.41) is 13.1. The van der Waals surface area contributed by atoms with Gasteiger partial charge in [0.25, 0.3) is 5.56 Å². The molecule has 2 aliphatic rings. The average Bonchev–Trinajstić information content (AvgIpc) is 3.36. The van der Waals surface area contributed by atoms with E-state index in [1.54, 1.807) is 11.3 Å². The first-order valence-corrected chi connectivity index (χ1v) is 10.8. The van der Waals surface area contributed by atoms with Crippen LogP contribution in [0.1, 0.15) is 29.3 Å². The molecule has 28 heavy (non-hydrogen) atoms. The molecule has 6 nitrogen and oxygen atoms in total. The number of piperidine rings is 1. The third-order valence-corrected chi connectivity index (χ3v) is 6.76. The largest absolute Gasteiger partial charge is 0.316 e. The van der Waals surface area contributed by atoms with E-state index in [-0.39, 0.29) is 5.56 Å². The lowest BCUT2D eigenvalue weighted by Gasteiger charge is -2.37. The molecule has 0 unspecified atom stereocenters. The van der Waals surface area contributed by atoms with Crippen LogP contribution >= 0.6 is 11.3 Å². The summed E-state index contributed by atoms with van der Waals surface area (Å²) >= 11 is 1.69. The maximum atomic E-state index is 13.1. The van der Waals surface area contributed by atoms with Gasteiger partial charge in [-0.25, -0.2) is 0 Å². The lowest BCUT2D eigenvalue weighted by atomic mass is 9.84. The Hall–Kier alpha value is -2.22. The fourth-order valence-electron chi connectivity index (χ4n) is 4.59. The molecule has 3 aromatic heterocycles. The molecular weight excluding hydrogens is 370 g/mol. The lowest BCUT2D eigenvalue weighted by molar-refractivity contribution is 0.254. The predicted octanol–water partition coefficient (Wildman–Crippen LogP) is 2.64. The Labute approximate surface area is 168 Å². The number of hydrogen-bond donors (Lipinski definition) is 2. The van der Waals surface area contributed by atoms with Crippen molar-refractivity contribution in [1.29, 1.82) is 0 Å². The van der Waals surface area contributed by atoms with Crippen LogP contribution in [0, 0.1) is 5.92 Å². The number of aromatic amines is 1. The van der Waals surface area contributed by atoms with E-state index in [1.165, 1.54) is 12.1 Å². The van der Waals surface area contributed by atoms with Crippen molar-refractivity contribution < 1.29 is 0 Å². The minimum atomic E-state index is 0.185. The van der Waals surface area contributed by atoms with Gasteiger partial charge in [-0.15, -0.1) is 11.3 Å². The van der Waals surface area contributed by atoms with Crippen molar-refractivity contribution in [3.8, 4) is 10.6 Å². The van der Waals surface area contributed by atoms with E-state index in [0.29, 0.717) is 18.4 Å². The smallest absolute Gasteiger partial charge is 0.255 e. The number of nitrogens with zero attached hydrogens (tertiary/aromatic N) is 3. The second-order valence-corrected chi connectivity index (χ2v) is 9.03. The molecule has 3 aromatic rings. The number of thiophene rings is 1. The van der Waals surface area contributed by atoms with Gasteiger partial charge in [0.05, 0.1) is 4.88 Å². The van der Waals surface area contributed by atoms with E-state index < -0.39 is 0 Å². The van der Waals surface area contributed by atoms with Crippen LogP contribution in [0.2, 0.25) is 0 Å². The topological polar surface area (TPSA) is 66.0 Å². The first-order chi connectivity index (χ1) is 13.7. The van der Waals surface area contributed by atoms with Gasteiger partial charge < -0.3 is 9.88 Å². The first kappa shape index (κ1) is 17.8. The summed E-state index contributed by atoms with van der Waals surface area (Å²) in [5.74, 6) is 1.06. The van der Waals surface area contributed by atoms with Crippen LogP contribution in [0.4, 0.5) is 0 Å². The van der Waals surface area contributed by atoms with Gasteiger partial charge in [-0.05, 0) is 49.5 Å². The van der Waals surface area contributed by atoms with Gasteiger partial charge in [0.1, 0.15) is 5.69 Å². The maximum Gasteiger partial charge on any atom is 0.255 e. The molecule has 2 bridgehead atoms. The van der Waals surface area contributed by atoms with Crippen molar-refractivity contribution in [3.05, 3.63) is 63.0 Å². The Kier molecular flexibility index (Phi) is 4.66. The highest BCUT2D eigenvalue weighted by Gasteiger charge is 2.31. The Morgan fingerprint density at radius 3 is 3.07 bits per heavy atom. The molecule has 5 rings (SSSR count). The Morgan fingerprint density at radius 1 is 1.29 bits per heavy atom. The SMILES string of the molecule is CN(Cc1cc(-c2cccs2)n[nH]1)Cc1ccc2n(c1=O)C[C@@H]1CNC[C@H]2C1. The van der Waals surface area contributed by atoms with Crippen molar-refractivity contribution in [2.75, 3.05) is 20.1 Å². The van der Waals surface area contributed by atoms with E-state index in [1.807, 2.05) is 23.7 Å². The quantitative estimate of drug-likeness (QED) is 0.697. The second kappa shape index (κ2) is 7.31. The van der Waals surface area contributed by atoms with Crippen molar-refractivity contribution in [1.82, 2.24) is 25.0 Å². The first-order valence-electron chi connectivity index (χ1n) is 9.87. The highest BCUT2D eigenvalue weighted by atomic mass is 32.1. The summed E-state index contributed by atoms with van der Waals surface area (Å²) in [7, 11) is 2.05. The Balaban J connectivity index is 1.31. The summed E-state index contributed by atoms with van der Waals surface area (Å²) in [6.07, 6.45) is 1.21. The van der Waals surface area contributed by atoms with E-state index in [4.69, 9.17) is 0 Å². The molecule has 146 valence electrons. The second-order valence-electron chi connectivity index (χ2n) is 8.08. The third-order valence-electron chi connectivity index (χ3n) is 5.87. The van der Waals surface area contributed by atoms with E-state index in [0.717, 1.165) is 48.0 Å². The van der Waals surface area contributed by atoms with E-state index >= 15 is 0 Å². The van der Waals surface area contributed by atoms with Crippen LogP contribution in [-0.2, 0) is 19.6 Å². The fraction of sp³-hybridized carbons (Fsp3) is 0.429. The molecule has 0 spiro atoms. The normalized spacial score (nSPS) is 21.1. The summed E-state index contributed by atoms with van der Waals surface area (Å²) in [6.45, 7) is 4.23. The zero-order chi connectivity index (χ0) is 19.1. The summed E-state index contributed by atoms with van der Waals surface area (Å²) in [5.41, 5.74) is 4.30. The number of nitrogens with one attached hydrogen (secondary N) is 2. The molecule has 5 heterocycles. The standard InChI is InChI=1S/C21H25N5OS/c1-25(13-17-8-18(24-23-17)20-3-2-6-28-20)12-15-4-5-19-16-7-14(9-22-10-16)11-26(19)21(15)27/h2-6,8,14,16,22H,7,9-13H2,1H3,(H,23,24)/t14-,16+/m0/s1. The van der Waals surface area contributed by atoms with Crippen molar-refractivity contribution in [2.24, 2.45) is 5.92 Å².